The number of para-hydroxylation sites is 1. The summed E-state index contributed by atoms with van der Waals surface area (Å²) in [6.45, 7) is 1.67. The third kappa shape index (κ3) is 8.07. The molecule has 0 spiro atoms. The highest BCUT2D eigenvalue weighted by atomic mass is 127. The van der Waals surface area contributed by atoms with Crippen molar-refractivity contribution in [1.82, 2.24) is 5.43 Å². The number of halogens is 3. The Labute approximate surface area is 243 Å². The molecule has 0 aliphatic rings. The van der Waals surface area contributed by atoms with Crippen LogP contribution < -0.4 is 25.5 Å². The highest BCUT2D eigenvalue weighted by Crippen LogP contribution is 2.33. The van der Waals surface area contributed by atoms with Crippen molar-refractivity contribution in [1.29, 1.82) is 0 Å². The number of benzene rings is 3. The smallest absolute Gasteiger partial charge is 0.329 e. The molecule has 0 fully saturated rings. The number of carbonyl (C=O) groups excluding carboxylic acids is 3. The fraction of sp³-hybridized carbons (Fsp3) is 0.154. The summed E-state index contributed by atoms with van der Waals surface area (Å²) in [6.07, 6.45) is 2.06. The maximum absolute atomic E-state index is 12.3. The summed E-state index contributed by atoms with van der Waals surface area (Å²) in [5.74, 6) is -1.46. The fourth-order valence-electron chi connectivity index (χ4n) is 3.21. The highest BCUT2D eigenvalue weighted by Gasteiger charge is 2.16. The minimum Gasteiger partial charge on any atom is -0.493 e. The van der Waals surface area contributed by atoms with E-state index in [1.54, 1.807) is 36.4 Å². The van der Waals surface area contributed by atoms with Crippen molar-refractivity contribution in [2.24, 2.45) is 5.10 Å². The average Bonchev–Trinajstić information content (AvgIpc) is 2.90. The second kappa shape index (κ2) is 14.0. The Morgan fingerprint density at radius 2 is 1.76 bits per heavy atom. The van der Waals surface area contributed by atoms with Gasteiger partial charge in [-0.2, -0.15) is 5.10 Å². The molecule has 0 aromatic heterocycles. The van der Waals surface area contributed by atoms with E-state index in [2.05, 4.69) is 21.2 Å². The Bertz CT molecular complexity index is 1380. The number of amides is 3. The lowest BCUT2D eigenvalue weighted by molar-refractivity contribution is -0.136. The van der Waals surface area contributed by atoms with Gasteiger partial charge in [0.05, 0.1) is 26.9 Å². The first kappa shape index (κ1) is 29.2. The van der Waals surface area contributed by atoms with Crippen molar-refractivity contribution in [2.45, 2.75) is 13.3 Å². The first-order valence-electron chi connectivity index (χ1n) is 11.2. The van der Waals surface area contributed by atoms with Crippen LogP contribution in [0.5, 0.6) is 11.5 Å². The van der Waals surface area contributed by atoms with E-state index >= 15 is 0 Å². The topological polar surface area (TPSA) is 118 Å². The van der Waals surface area contributed by atoms with Crippen LogP contribution in [0.2, 0.25) is 10.0 Å². The van der Waals surface area contributed by atoms with Crippen LogP contribution in [0.1, 0.15) is 18.1 Å². The molecule has 0 saturated heterocycles. The number of nitrogens with one attached hydrogen (secondary N) is 3. The van der Waals surface area contributed by atoms with E-state index in [1.807, 2.05) is 41.6 Å². The first-order valence-corrected chi connectivity index (χ1v) is 13.0. The van der Waals surface area contributed by atoms with Crippen molar-refractivity contribution < 1.29 is 23.9 Å². The number of ether oxygens (including phenoxy) is 2. The Morgan fingerprint density at radius 1 is 1.00 bits per heavy atom. The zero-order valence-corrected chi connectivity index (χ0v) is 24.0. The summed E-state index contributed by atoms with van der Waals surface area (Å²) < 4.78 is 11.7. The predicted molar refractivity (Wildman–Crippen MR) is 156 cm³/mol. The van der Waals surface area contributed by atoms with Crippen LogP contribution >= 0.6 is 45.8 Å². The molecule has 3 aromatic rings. The van der Waals surface area contributed by atoms with E-state index in [9.17, 15) is 14.4 Å². The van der Waals surface area contributed by atoms with Crippen LogP contribution in [0.3, 0.4) is 0 Å². The summed E-state index contributed by atoms with van der Waals surface area (Å²) in [5.41, 5.74) is 4.73. The van der Waals surface area contributed by atoms with E-state index in [1.165, 1.54) is 19.4 Å². The molecule has 3 N–H and O–H groups in total. The van der Waals surface area contributed by atoms with Gasteiger partial charge in [0.2, 0.25) is 0 Å². The second-order valence-electron chi connectivity index (χ2n) is 7.66. The molecule has 0 unspecified atom stereocenters. The Balaban J connectivity index is 1.59. The number of nitrogens with zero attached hydrogens (tertiary/aromatic N) is 1. The van der Waals surface area contributed by atoms with Crippen molar-refractivity contribution >= 4 is 81.1 Å². The quantitative estimate of drug-likeness (QED) is 0.124. The molecule has 3 rings (SSSR count). The minimum atomic E-state index is -0.915. The molecule has 0 heterocycles. The van der Waals surface area contributed by atoms with E-state index < -0.39 is 17.7 Å². The third-order valence-corrected chi connectivity index (χ3v) is 6.58. The molecule has 198 valence electrons. The molecule has 3 aromatic carbocycles. The average molecular weight is 669 g/mol. The van der Waals surface area contributed by atoms with E-state index in [4.69, 9.17) is 32.7 Å². The Hall–Kier alpha value is -3.35. The zero-order valence-electron chi connectivity index (χ0n) is 20.3. The van der Waals surface area contributed by atoms with Crippen molar-refractivity contribution in [3.05, 3.63) is 79.3 Å². The van der Waals surface area contributed by atoms with Gasteiger partial charge in [-0.3, -0.25) is 14.4 Å². The monoisotopic (exact) mass is 668 g/mol. The molecule has 0 atom stereocenters. The summed E-state index contributed by atoms with van der Waals surface area (Å²) in [7, 11) is 1.45. The van der Waals surface area contributed by atoms with Gasteiger partial charge in [0.25, 0.3) is 5.91 Å². The summed E-state index contributed by atoms with van der Waals surface area (Å²) in [6, 6.07) is 15.3. The van der Waals surface area contributed by atoms with Crippen molar-refractivity contribution in [3.63, 3.8) is 0 Å². The van der Waals surface area contributed by atoms with E-state index in [0.29, 0.717) is 48.5 Å². The van der Waals surface area contributed by atoms with Crippen LogP contribution in [0.15, 0.2) is 59.7 Å². The molecule has 3 amide bonds. The van der Waals surface area contributed by atoms with Crippen LogP contribution in [-0.4, -0.2) is 37.7 Å². The fourth-order valence-corrected chi connectivity index (χ4v) is 4.29. The van der Waals surface area contributed by atoms with Gasteiger partial charge >= 0.3 is 11.8 Å². The molecular formula is C26H23Cl2IN4O5. The van der Waals surface area contributed by atoms with Crippen molar-refractivity contribution in [3.8, 4) is 11.5 Å². The third-order valence-electron chi connectivity index (χ3n) is 5.04. The molecule has 0 aliphatic heterocycles. The van der Waals surface area contributed by atoms with Gasteiger partial charge in [0.15, 0.2) is 18.1 Å². The largest absolute Gasteiger partial charge is 0.493 e. The van der Waals surface area contributed by atoms with Crippen molar-refractivity contribution in [2.75, 3.05) is 24.4 Å². The number of anilines is 2. The molecular weight excluding hydrogens is 646 g/mol. The van der Waals surface area contributed by atoms with Crippen LogP contribution in [-0.2, 0) is 20.8 Å². The molecule has 12 heteroatoms. The van der Waals surface area contributed by atoms with Crippen LogP contribution in [0.4, 0.5) is 11.4 Å². The Kier molecular flexibility index (Phi) is 10.7. The number of carbonyl (C=O) groups is 3. The number of hydrogen-bond donors (Lipinski definition) is 3. The maximum atomic E-state index is 12.3. The summed E-state index contributed by atoms with van der Waals surface area (Å²) in [4.78, 5) is 36.7. The van der Waals surface area contributed by atoms with Gasteiger partial charge in [-0.1, -0.05) is 48.3 Å². The standard InChI is InChI=1S/C26H23Cl2IN4O5/c1-3-16-6-4-5-7-21(16)32-25(35)26(36)33-30-13-15-10-20(29)24(22(11-15)37-2)38-14-23(34)31-17-8-9-18(27)19(28)12-17/h4-13H,3,14H2,1-2H3,(H,31,34)(H,32,35)(H,33,36)/b30-13-. The predicted octanol–water partition coefficient (Wildman–Crippen LogP) is 5.28. The lowest BCUT2D eigenvalue weighted by Gasteiger charge is -2.13. The first-order chi connectivity index (χ1) is 18.2. The number of methoxy groups -OCH3 is 1. The minimum absolute atomic E-state index is 0.285. The molecule has 38 heavy (non-hydrogen) atoms. The van der Waals surface area contributed by atoms with Gasteiger partial charge in [0.1, 0.15) is 0 Å². The molecule has 9 nitrogen and oxygen atoms in total. The SMILES string of the molecule is CCc1ccccc1NC(=O)C(=O)N/N=C\c1cc(I)c(OCC(=O)Nc2ccc(Cl)c(Cl)c2)c(OC)c1. The highest BCUT2D eigenvalue weighted by molar-refractivity contribution is 14.1. The normalized spacial score (nSPS) is 10.7. The van der Waals surface area contributed by atoms with E-state index in [-0.39, 0.29) is 6.61 Å². The number of rotatable bonds is 9. The maximum Gasteiger partial charge on any atom is 0.329 e. The van der Waals surface area contributed by atoms with Gasteiger partial charge in [-0.05, 0) is 76.5 Å². The second-order valence-corrected chi connectivity index (χ2v) is 9.64. The van der Waals surface area contributed by atoms with Gasteiger partial charge in [0, 0.05) is 11.4 Å². The van der Waals surface area contributed by atoms with E-state index in [0.717, 1.165) is 5.56 Å². The van der Waals surface area contributed by atoms with Gasteiger partial charge in [-0.15, -0.1) is 0 Å². The van der Waals surface area contributed by atoms with Gasteiger partial charge < -0.3 is 20.1 Å². The number of aryl methyl sites for hydroxylation is 1. The molecule has 0 saturated carbocycles. The lowest BCUT2D eigenvalue weighted by atomic mass is 10.1. The van der Waals surface area contributed by atoms with Crippen LogP contribution in [0.25, 0.3) is 0 Å². The summed E-state index contributed by atoms with van der Waals surface area (Å²) >= 11 is 13.9. The van der Waals surface area contributed by atoms with Crippen LogP contribution in [0, 0.1) is 3.57 Å². The zero-order chi connectivity index (χ0) is 27.7. The summed E-state index contributed by atoms with van der Waals surface area (Å²) in [5, 5.41) is 9.81. The molecule has 0 radical (unpaired) electrons. The lowest BCUT2D eigenvalue weighted by Crippen LogP contribution is -2.32. The molecule has 0 bridgehead atoms. The molecule has 0 aliphatic carbocycles. The Morgan fingerprint density at radius 3 is 2.47 bits per heavy atom. The number of hydrogen-bond acceptors (Lipinski definition) is 6. The van der Waals surface area contributed by atoms with Gasteiger partial charge in [-0.25, -0.2) is 5.43 Å². The number of hydrazone groups is 1.